The van der Waals surface area contributed by atoms with Gasteiger partial charge in [0.1, 0.15) is 0 Å². The number of piperidine rings is 1. The molecular formula is C17H22BrClN4O. The molecule has 1 aliphatic heterocycles. The molecule has 1 saturated heterocycles. The lowest BCUT2D eigenvalue weighted by molar-refractivity contribution is 0.0701. The maximum atomic E-state index is 12.8. The van der Waals surface area contributed by atoms with E-state index in [4.69, 9.17) is 0 Å². The van der Waals surface area contributed by atoms with Crippen LogP contribution in [0.4, 0.5) is 0 Å². The van der Waals surface area contributed by atoms with Crippen LogP contribution in [0.25, 0.3) is 10.9 Å². The Bertz CT molecular complexity index is 722. The third kappa shape index (κ3) is 3.76. The van der Waals surface area contributed by atoms with Crippen LogP contribution in [0.15, 0.2) is 22.7 Å². The van der Waals surface area contributed by atoms with Crippen LogP contribution >= 0.6 is 28.3 Å². The number of nitrogens with one attached hydrogen (secondary N) is 2. The molecule has 1 saturated carbocycles. The van der Waals surface area contributed by atoms with Crippen molar-refractivity contribution in [2.75, 3.05) is 19.6 Å². The number of hydrogen-bond acceptors (Lipinski definition) is 3. The van der Waals surface area contributed by atoms with E-state index in [-0.39, 0.29) is 18.3 Å². The Hall–Kier alpha value is -1.11. The van der Waals surface area contributed by atoms with E-state index >= 15 is 0 Å². The van der Waals surface area contributed by atoms with Gasteiger partial charge < -0.3 is 10.2 Å². The first-order valence-electron chi connectivity index (χ1n) is 8.37. The fourth-order valence-electron chi connectivity index (χ4n) is 3.24. The van der Waals surface area contributed by atoms with Gasteiger partial charge in [-0.05, 0) is 56.3 Å². The number of carbonyl (C=O) groups excluding carboxylic acids is 1. The van der Waals surface area contributed by atoms with E-state index in [9.17, 15) is 4.79 Å². The molecule has 0 radical (unpaired) electrons. The van der Waals surface area contributed by atoms with Crippen LogP contribution in [-0.2, 0) is 0 Å². The standard InChI is InChI=1S/C17H21BrN4O.ClH/c18-12-3-4-15-14(9-12)16(21-20-15)17(23)22-7-5-13(6-8-22)19-10-11-1-2-11;/h3-4,9,11,13,19H,1-2,5-8,10H2,(H,20,21);1H. The number of carbonyl (C=O) groups is 1. The van der Waals surface area contributed by atoms with Gasteiger partial charge in [-0.1, -0.05) is 15.9 Å². The number of likely N-dealkylation sites (tertiary alicyclic amines) is 1. The zero-order valence-corrected chi connectivity index (χ0v) is 15.8. The van der Waals surface area contributed by atoms with E-state index in [2.05, 4.69) is 31.4 Å². The smallest absolute Gasteiger partial charge is 0.274 e. The van der Waals surface area contributed by atoms with Crippen molar-refractivity contribution in [3.8, 4) is 0 Å². The minimum absolute atomic E-state index is 0. The molecule has 2 aromatic rings. The van der Waals surface area contributed by atoms with Crippen LogP contribution in [0, 0.1) is 5.92 Å². The van der Waals surface area contributed by atoms with Gasteiger partial charge in [0, 0.05) is 29.0 Å². The van der Waals surface area contributed by atoms with Crippen molar-refractivity contribution < 1.29 is 4.79 Å². The molecule has 7 heteroatoms. The summed E-state index contributed by atoms with van der Waals surface area (Å²) >= 11 is 3.46. The predicted octanol–water partition coefficient (Wildman–Crippen LogP) is 3.35. The fraction of sp³-hybridized carbons (Fsp3) is 0.529. The minimum atomic E-state index is 0. The largest absolute Gasteiger partial charge is 0.337 e. The summed E-state index contributed by atoms with van der Waals surface area (Å²) in [5, 5.41) is 11.7. The van der Waals surface area contributed by atoms with E-state index < -0.39 is 0 Å². The molecule has 0 spiro atoms. The number of hydrogen-bond donors (Lipinski definition) is 2. The Morgan fingerprint density at radius 1 is 1.29 bits per heavy atom. The van der Waals surface area contributed by atoms with Gasteiger partial charge in [-0.15, -0.1) is 12.4 Å². The summed E-state index contributed by atoms with van der Waals surface area (Å²) in [6.45, 7) is 2.77. The van der Waals surface area contributed by atoms with Gasteiger partial charge in [-0.25, -0.2) is 0 Å². The predicted molar refractivity (Wildman–Crippen MR) is 101 cm³/mol. The molecule has 2 heterocycles. The second kappa shape index (κ2) is 7.42. The molecule has 1 aliphatic carbocycles. The summed E-state index contributed by atoms with van der Waals surface area (Å²) in [5.41, 5.74) is 1.43. The molecule has 1 amide bonds. The number of aromatic nitrogens is 2. The van der Waals surface area contributed by atoms with E-state index in [1.807, 2.05) is 23.1 Å². The Kier molecular flexibility index (Phi) is 5.47. The van der Waals surface area contributed by atoms with Crippen molar-refractivity contribution in [2.24, 2.45) is 5.92 Å². The molecule has 1 aromatic carbocycles. The summed E-state index contributed by atoms with van der Waals surface area (Å²) in [6.07, 6.45) is 4.83. The molecule has 0 unspecified atom stereocenters. The summed E-state index contributed by atoms with van der Waals surface area (Å²) in [5.74, 6) is 0.943. The first-order chi connectivity index (χ1) is 11.2. The first-order valence-corrected chi connectivity index (χ1v) is 9.16. The van der Waals surface area contributed by atoms with Crippen molar-refractivity contribution in [3.05, 3.63) is 28.4 Å². The number of amides is 1. The molecule has 4 rings (SSSR count). The maximum absolute atomic E-state index is 12.8. The van der Waals surface area contributed by atoms with Crippen molar-refractivity contribution >= 4 is 45.1 Å². The molecule has 1 aromatic heterocycles. The Labute approximate surface area is 156 Å². The average Bonchev–Trinajstić information content (AvgIpc) is 3.31. The SMILES string of the molecule is Cl.O=C(c1n[nH]c2ccc(Br)cc12)N1CCC(NCC2CC2)CC1. The zero-order valence-electron chi connectivity index (χ0n) is 13.4. The average molecular weight is 414 g/mol. The van der Waals surface area contributed by atoms with Gasteiger partial charge in [-0.3, -0.25) is 9.89 Å². The van der Waals surface area contributed by atoms with E-state index in [1.54, 1.807) is 0 Å². The summed E-state index contributed by atoms with van der Waals surface area (Å²) in [4.78, 5) is 14.7. The highest BCUT2D eigenvalue weighted by molar-refractivity contribution is 9.10. The maximum Gasteiger partial charge on any atom is 0.274 e. The van der Waals surface area contributed by atoms with Gasteiger partial charge in [0.05, 0.1) is 5.52 Å². The number of H-pyrrole nitrogens is 1. The number of aromatic amines is 1. The van der Waals surface area contributed by atoms with Gasteiger partial charge >= 0.3 is 0 Å². The molecule has 2 fully saturated rings. The van der Waals surface area contributed by atoms with Crippen LogP contribution in [0.2, 0.25) is 0 Å². The van der Waals surface area contributed by atoms with Gasteiger partial charge in [0.2, 0.25) is 0 Å². The van der Waals surface area contributed by atoms with Gasteiger partial charge in [0.25, 0.3) is 5.91 Å². The van der Waals surface area contributed by atoms with Crippen molar-refractivity contribution in [2.45, 2.75) is 31.7 Å². The quantitative estimate of drug-likeness (QED) is 0.808. The molecular weight excluding hydrogens is 392 g/mol. The Morgan fingerprint density at radius 2 is 2.04 bits per heavy atom. The van der Waals surface area contributed by atoms with Crippen LogP contribution in [0.5, 0.6) is 0 Å². The number of rotatable bonds is 4. The molecule has 5 nitrogen and oxygen atoms in total. The van der Waals surface area contributed by atoms with E-state index in [1.165, 1.54) is 12.8 Å². The van der Waals surface area contributed by atoms with Crippen LogP contribution in [-0.4, -0.2) is 46.7 Å². The molecule has 2 N–H and O–H groups in total. The number of halogens is 2. The molecule has 0 bridgehead atoms. The topological polar surface area (TPSA) is 61.0 Å². The Morgan fingerprint density at radius 3 is 2.75 bits per heavy atom. The molecule has 130 valence electrons. The summed E-state index contributed by atoms with van der Waals surface area (Å²) in [7, 11) is 0. The summed E-state index contributed by atoms with van der Waals surface area (Å²) < 4.78 is 0.962. The van der Waals surface area contributed by atoms with Gasteiger partial charge in [-0.2, -0.15) is 5.10 Å². The first kappa shape index (κ1) is 17.7. The van der Waals surface area contributed by atoms with Crippen LogP contribution in [0.3, 0.4) is 0 Å². The molecule has 24 heavy (non-hydrogen) atoms. The number of nitrogens with zero attached hydrogens (tertiary/aromatic N) is 2. The fourth-order valence-corrected chi connectivity index (χ4v) is 3.60. The highest BCUT2D eigenvalue weighted by Gasteiger charge is 2.27. The minimum Gasteiger partial charge on any atom is -0.337 e. The molecule has 0 atom stereocenters. The van der Waals surface area contributed by atoms with Crippen molar-refractivity contribution in [1.82, 2.24) is 20.4 Å². The zero-order chi connectivity index (χ0) is 15.8. The highest BCUT2D eigenvalue weighted by atomic mass is 79.9. The van der Waals surface area contributed by atoms with Crippen LogP contribution in [0.1, 0.15) is 36.2 Å². The van der Waals surface area contributed by atoms with E-state index in [0.29, 0.717) is 11.7 Å². The molecule has 2 aliphatic rings. The lowest BCUT2D eigenvalue weighted by atomic mass is 10.0. The number of fused-ring (bicyclic) bond motifs is 1. The van der Waals surface area contributed by atoms with Gasteiger partial charge in [0.15, 0.2) is 5.69 Å². The van der Waals surface area contributed by atoms with E-state index in [0.717, 1.165) is 53.8 Å². The second-order valence-electron chi connectivity index (χ2n) is 6.68. The normalized spacial score (nSPS) is 18.6. The summed E-state index contributed by atoms with van der Waals surface area (Å²) in [6, 6.07) is 6.41. The van der Waals surface area contributed by atoms with Crippen LogP contribution < -0.4 is 5.32 Å². The number of benzene rings is 1. The third-order valence-corrected chi connectivity index (χ3v) is 5.40. The second-order valence-corrected chi connectivity index (χ2v) is 7.60. The van der Waals surface area contributed by atoms with Crippen molar-refractivity contribution in [3.63, 3.8) is 0 Å². The highest BCUT2D eigenvalue weighted by Crippen LogP contribution is 2.28. The lowest BCUT2D eigenvalue weighted by Gasteiger charge is -2.32. The lowest BCUT2D eigenvalue weighted by Crippen LogP contribution is -2.45. The third-order valence-electron chi connectivity index (χ3n) is 4.90. The Balaban J connectivity index is 0.00000169. The van der Waals surface area contributed by atoms with Crippen molar-refractivity contribution in [1.29, 1.82) is 0 Å². The monoisotopic (exact) mass is 412 g/mol.